The van der Waals surface area contributed by atoms with Gasteiger partial charge >= 0.3 is 11.7 Å². The van der Waals surface area contributed by atoms with E-state index in [2.05, 4.69) is 9.97 Å². The minimum Gasteiger partial charge on any atom is -0.496 e. The average Bonchev–Trinajstić information content (AvgIpc) is 3.58. The third kappa shape index (κ3) is 5.76. The summed E-state index contributed by atoms with van der Waals surface area (Å²) in [7, 11) is 3.20. The Morgan fingerprint density at radius 1 is 0.975 bits per heavy atom. The van der Waals surface area contributed by atoms with Crippen LogP contribution in [0.3, 0.4) is 0 Å². The molecule has 0 fully saturated rings. The molecule has 0 saturated carbocycles. The van der Waals surface area contributed by atoms with E-state index in [1.165, 1.54) is 21.1 Å². The van der Waals surface area contributed by atoms with Crippen LogP contribution in [0.1, 0.15) is 5.56 Å². The first-order valence-corrected chi connectivity index (χ1v) is 12.3. The highest BCUT2D eigenvalue weighted by Gasteiger charge is 2.22. The van der Waals surface area contributed by atoms with Crippen LogP contribution in [0.4, 0.5) is 5.69 Å². The van der Waals surface area contributed by atoms with Gasteiger partial charge in [-0.25, -0.2) is 9.78 Å². The Balaban J connectivity index is 0.00000370. The summed E-state index contributed by atoms with van der Waals surface area (Å²) in [4.78, 5) is 47.8. The van der Waals surface area contributed by atoms with Crippen molar-refractivity contribution in [3.05, 3.63) is 101 Å². The molecule has 2 aromatic heterocycles. The Hall–Kier alpha value is -4.83. The second kappa shape index (κ2) is 12.4. The van der Waals surface area contributed by atoms with E-state index in [1.54, 1.807) is 49.9 Å². The molecule has 0 aliphatic heterocycles. The summed E-state index contributed by atoms with van der Waals surface area (Å²) >= 11 is 0. The summed E-state index contributed by atoms with van der Waals surface area (Å²) in [6.45, 7) is -0.553. The fourth-order valence-corrected chi connectivity index (χ4v) is 4.45. The van der Waals surface area contributed by atoms with Crippen molar-refractivity contribution in [2.24, 2.45) is 7.05 Å². The molecule has 11 heteroatoms. The number of rotatable bonds is 9. The topological polar surface area (TPSA) is 111 Å². The van der Waals surface area contributed by atoms with Crippen molar-refractivity contribution in [2.75, 3.05) is 18.7 Å². The van der Waals surface area contributed by atoms with Crippen LogP contribution < -0.4 is 15.3 Å². The molecular formula is C29H28ClN5O5. The maximum absolute atomic E-state index is 13.6. The number of nitrogens with one attached hydrogen (secondary N) is 1. The number of aromatic amines is 1. The molecular weight excluding hydrogens is 534 g/mol. The Bertz CT molecular complexity index is 1680. The molecule has 0 spiro atoms. The first-order chi connectivity index (χ1) is 19.0. The number of amides is 1. The second-order valence-corrected chi connectivity index (χ2v) is 8.88. The highest BCUT2D eigenvalue weighted by atomic mass is 35.5. The highest BCUT2D eigenvalue weighted by Crippen LogP contribution is 2.23. The maximum Gasteiger partial charge on any atom is 0.329 e. The van der Waals surface area contributed by atoms with Gasteiger partial charge in [0, 0.05) is 18.3 Å². The first-order valence-electron chi connectivity index (χ1n) is 12.3. The predicted octanol–water partition coefficient (Wildman–Crippen LogP) is 3.94. The number of carbonyl (C=O) groups is 2. The molecule has 0 aliphatic carbocycles. The number of ether oxygens (including phenoxy) is 2. The Morgan fingerprint density at radius 2 is 1.68 bits per heavy atom. The number of hydrogen-bond donors (Lipinski definition) is 1. The van der Waals surface area contributed by atoms with E-state index in [0.29, 0.717) is 28.0 Å². The van der Waals surface area contributed by atoms with Gasteiger partial charge in [-0.3, -0.25) is 23.6 Å². The smallest absolute Gasteiger partial charge is 0.329 e. The van der Waals surface area contributed by atoms with E-state index >= 15 is 0 Å². The van der Waals surface area contributed by atoms with Crippen molar-refractivity contribution in [1.82, 2.24) is 19.1 Å². The largest absolute Gasteiger partial charge is 0.496 e. The molecule has 206 valence electrons. The van der Waals surface area contributed by atoms with Gasteiger partial charge in [-0.2, -0.15) is 0 Å². The lowest BCUT2D eigenvalue weighted by atomic mass is 10.1. The lowest BCUT2D eigenvalue weighted by molar-refractivity contribution is -0.143. The number of imidazole rings is 2. The van der Waals surface area contributed by atoms with E-state index < -0.39 is 11.9 Å². The maximum atomic E-state index is 13.6. The van der Waals surface area contributed by atoms with E-state index in [0.717, 1.165) is 11.3 Å². The van der Waals surface area contributed by atoms with Crippen LogP contribution in [-0.2, 0) is 34.3 Å². The van der Waals surface area contributed by atoms with Crippen molar-refractivity contribution in [3.8, 4) is 17.0 Å². The molecule has 0 unspecified atom stereocenters. The number of carbonyl (C=O) groups excluding carboxylic acids is 2. The third-order valence-corrected chi connectivity index (χ3v) is 6.52. The number of para-hydroxylation sites is 3. The van der Waals surface area contributed by atoms with Gasteiger partial charge in [-0.15, -0.1) is 12.4 Å². The molecule has 0 aliphatic rings. The number of nitrogens with zero attached hydrogens (tertiary/aromatic N) is 4. The minimum atomic E-state index is -0.520. The quantitative estimate of drug-likeness (QED) is 0.215. The van der Waals surface area contributed by atoms with E-state index in [1.807, 2.05) is 42.5 Å². The Kier molecular flexibility index (Phi) is 8.70. The summed E-state index contributed by atoms with van der Waals surface area (Å²) < 4.78 is 13.8. The third-order valence-electron chi connectivity index (χ3n) is 6.52. The first kappa shape index (κ1) is 28.2. The van der Waals surface area contributed by atoms with Crippen molar-refractivity contribution < 1.29 is 19.1 Å². The molecule has 5 rings (SSSR count). The molecule has 0 saturated heterocycles. The Morgan fingerprint density at radius 3 is 2.38 bits per heavy atom. The molecule has 0 radical (unpaired) electrons. The van der Waals surface area contributed by atoms with Gasteiger partial charge in [0.1, 0.15) is 12.3 Å². The summed E-state index contributed by atoms with van der Waals surface area (Å²) in [5.41, 5.74) is 3.94. The summed E-state index contributed by atoms with van der Waals surface area (Å²) in [6.07, 6.45) is 3.26. The average molecular weight is 562 g/mol. The molecule has 0 bridgehead atoms. The fourth-order valence-electron chi connectivity index (χ4n) is 4.45. The lowest BCUT2D eigenvalue weighted by Gasteiger charge is -2.23. The summed E-state index contributed by atoms with van der Waals surface area (Å²) in [6, 6.07) is 21.6. The van der Waals surface area contributed by atoms with Crippen molar-refractivity contribution in [3.63, 3.8) is 0 Å². The Labute approximate surface area is 236 Å². The number of aryl methyl sites for hydroxylation is 1. The molecule has 10 nitrogen and oxygen atoms in total. The number of aromatic nitrogens is 4. The SMILES string of the molecule is COc1ccccc1CC(=O)OCN(C(=O)Cn1c(=O)n(C)c2ccccc21)c1ccc(-c2cnc[nH]2)cc1.Cl. The monoisotopic (exact) mass is 561 g/mol. The zero-order valence-corrected chi connectivity index (χ0v) is 22.8. The number of halogens is 1. The number of esters is 1. The summed E-state index contributed by atoms with van der Waals surface area (Å²) in [5, 5.41) is 0. The number of fused-ring (bicyclic) bond motifs is 1. The van der Waals surface area contributed by atoms with E-state index in [-0.39, 0.29) is 37.8 Å². The predicted molar refractivity (Wildman–Crippen MR) is 154 cm³/mol. The molecule has 3 aromatic carbocycles. The summed E-state index contributed by atoms with van der Waals surface area (Å²) in [5.74, 6) is -0.353. The van der Waals surface area contributed by atoms with Gasteiger partial charge < -0.3 is 14.5 Å². The van der Waals surface area contributed by atoms with Crippen LogP contribution in [0.15, 0.2) is 90.1 Å². The number of hydrogen-bond acceptors (Lipinski definition) is 6. The van der Waals surface area contributed by atoms with Crippen LogP contribution >= 0.6 is 12.4 Å². The van der Waals surface area contributed by atoms with Gasteiger partial charge in [0.05, 0.1) is 42.8 Å². The highest BCUT2D eigenvalue weighted by molar-refractivity contribution is 5.94. The van der Waals surface area contributed by atoms with E-state index in [4.69, 9.17) is 9.47 Å². The lowest BCUT2D eigenvalue weighted by Crippen LogP contribution is -2.39. The van der Waals surface area contributed by atoms with Gasteiger partial charge in [-0.05, 0) is 35.9 Å². The number of H-pyrrole nitrogens is 1. The van der Waals surface area contributed by atoms with Gasteiger partial charge in [0.15, 0.2) is 6.73 Å². The molecule has 40 heavy (non-hydrogen) atoms. The minimum absolute atomic E-state index is 0. The second-order valence-electron chi connectivity index (χ2n) is 8.88. The molecule has 1 N–H and O–H groups in total. The molecule has 0 atom stereocenters. The van der Waals surface area contributed by atoms with Crippen molar-refractivity contribution in [1.29, 1.82) is 0 Å². The van der Waals surface area contributed by atoms with Crippen LogP contribution in [0.5, 0.6) is 5.75 Å². The van der Waals surface area contributed by atoms with Crippen molar-refractivity contribution in [2.45, 2.75) is 13.0 Å². The zero-order chi connectivity index (χ0) is 27.4. The number of methoxy groups -OCH3 is 1. The molecule has 1 amide bonds. The standard InChI is InChI=1S/C29H27N5O5.ClH/c1-32-24-8-4-5-9-25(24)33(29(32)37)17-27(35)34(22-13-11-20(12-14-22)23-16-30-18-31-23)19-39-28(36)15-21-7-3-6-10-26(21)38-2;/h3-14,16,18H,15,17,19H2,1-2H3,(H,30,31);1H. The van der Waals surface area contributed by atoms with Crippen molar-refractivity contribution >= 4 is 41.0 Å². The fraction of sp³-hybridized carbons (Fsp3) is 0.172. The molecule has 5 aromatic rings. The van der Waals surface area contributed by atoms with Gasteiger partial charge in [0.2, 0.25) is 5.91 Å². The van der Waals surface area contributed by atoms with Crippen LogP contribution in [-0.4, -0.2) is 44.8 Å². The van der Waals surface area contributed by atoms with Crippen LogP contribution in [0, 0.1) is 0 Å². The molecule has 2 heterocycles. The van der Waals surface area contributed by atoms with Gasteiger partial charge in [-0.1, -0.05) is 42.5 Å². The number of benzene rings is 3. The van der Waals surface area contributed by atoms with E-state index in [9.17, 15) is 14.4 Å². The normalized spacial score (nSPS) is 10.7. The number of anilines is 1. The van der Waals surface area contributed by atoms with Crippen LogP contribution in [0.2, 0.25) is 0 Å². The van der Waals surface area contributed by atoms with Gasteiger partial charge in [0.25, 0.3) is 0 Å². The zero-order valence-electron chi connectivity index (χ0n) is 21.9. The van der Waals surface area contributed by atoms with Crippen LogP contribution in [0.25, 0.3) is 22.3 Å².